The van der Waals surface area contributed by atoms with Crippen molar-refractivity contribution in [3.05, 3.63) is 34.3 Å². The van der Waals surface area contributed by atoms with E-state index >= 15 is 0 Å². The van der Waals surface area contributed by atoms with Gasteiger partial charge in [-0.25, -0.2) is 0 Å². The van der Waals surface area contributed by atoms with Gasteiger partial charge in [-0.1, -0.05) is 25.5 Å². The molecule has 1 N–H and O–H groups in total. The van der Waals surface area contributed by atoms with Gasteiger partial charge in [-0.3, -0.25) is 9.59 Å². The molecular formula is C17H23BrN2O2. The largest absolute Gasteiger partial charge is 0.356 e. The lowest BCUT2D eigenvalue weighted by Gasteiger charge is -2.31. The molecule has 1 aliphatic heterocycles. The summed E-state index contributed by atoms with van der Waals surface area (Å²) in [5, 5.41) is 2.99. The van der Waals surface area contributed by atoms with E-state index in [0.29, 0.717) is 18.7 Å². The van der Waals surface area contributed by atoms with Crippen molar-refractivity contribution >= 4 is 27.7 Å². The molecule has 0 radical (unpaired) electrons. The highest BCUT2D eigenvalue weighted by Gasteiger charge is 2.28. The van der Waals surface area contributed by atoms with E-state index in [1.807, 2.05) is 29.2 Å². The maximum absolute atomic E-state index is 12.5. The van der Waals surface area contributed by atoms with Crippen LogP contribution in [0.15, 0.2) is 28.7 Å². The molecular weight excluding hydrogens is 344 g/mol. The van der Waals surface area contributed by atoms with Crippen molar-refractivity contribution in [1.29, 1.82) is 0 Å². The first kappa shape index (κ1) is 17.0. The van der Waals surface area contributed by atoms with Crippen molar-refractivity contribution in [3.8, 4) is 0 Å². The Balaban J connectivity index is 1.85. The number of carbonyl (C=O) groups excluding carboxylic acids is 2. The van der Waals surface area contributed by atoms with Crippen LogP contribution < -0.4 is 5.32 Å². The number of nitrogens with one attached hydrogen (secondary N) is 1. The summed E-state index contributed by atoms with van der Waals surface area (Å²) in [7, 11) is 0. The van der Waals surface area contributed by atoms with Crippen molar-refractivity contribution in [2.75, 3.05) is 19.6 Å². The summed E-state index contributed by atoms with van der Waals surface area (Å²) in [5.74, 6) is 0.221. The van der Waals surface area contributed by atoms with Gasteiger partial charge < -0.3 is 10.2 Å². The predicted octanol–water partition coefficient (Wildman–Crippen LogP) is 3.22. The molecule has 0 aliphatic carbocycles. The highest BCUT2D eigenvalue weighted by molar-refractivity contribution is 9.10. The van der Waals surface area contributed by atoms with Crippen LogP contribution in [0.3, 0.4) is 0 Å². The molecule has 1 aromatic rings. The molecule has 1 aliphatic rings. The smallest absolute Gasteiger partial charge is 0.254 e. The first-order valence-electron chi connectivity index (χ1n) is 7.95. The normalized spacial score (nSPS) is 15.6. The monoisotopic (exact) mass is 366 g/mol. The van der Waals surface area contributed by atoms with Crippen molar-refractivity contribution in [2.24, 2.45) is 5.92 Å². The van der Waals surface area contributed by atoms with Crippen LogP contribution in [0.2, 0.25) is 0 Å². The maximum atomic E-state index is 12.5. The van der Waals surface area contributed by atoms with E-state index in [-0.39, 0.29) is 17.7 Å². The van der Waals surface area contributed by atoms with Crippen LogP contribution in [-0.2, 0) is 4.79 Å². The Kier molecular flexibility index (Phi) is 6.43. The van der Waals surface area contributed by atoms with Gasteiger partial charge in [0.2, 0.25) is 5.91 Å². The quantitative estimate of drug-likeness (QED) is 0.813. The Morgan fingerprint density at radius 2 is 1.95 bits per heavy atom. The Morgan fingerprint density at radius 1 is 1.27 bits per heavy atom. The summed E-state index contributed by atoms with van der Waals surface area (Å²) >= 11 is 3.42. The number of halogens is 1. The summed E-state index contributed by atoms with van der Waals surface area (Å²) in [6.07, 6.45) is 3.59. The van der Waals surface area contributed by atoms with E-state index in [1.165, 1.54) is 0 Å². The highest BCUT2D eigenvalue weighted by Crippen LogP contribution is 2.22. The number of carbonyl (C=O) groups is 2. The van der Waals surface area contributed by atoms with Crippen molar-refractivity contribution in [3.63, 3.8) is 0 Å². The molecule has 0 bridgehead atoms. The van der Waals surface area contributed by atoms with Crippen LogP contribution in [0.1, 0.15) is 43.0 Å². The molecule has 1 aromatic carbocycles. The summed E-state index contributed by atoms with van der Waals surface area (Å²) in [6.45, 7) is 4.15. The van der Waals surface area contributed by atoms with Gasteiger partial charge in [0, 0.05) is 30.0 Å². The second-order valence-electron chi connectivity index (χ2n) is 5.69. The fourth-order valence-electron chi connectivity index (χ4n) is 2.68. The van der Waals surface area contributed by atoms with Crippen LogP contribution in [0, 0.1) is 5.92 Å². The number of hydrogen-bond acceptors (Lipinski definition) is 2. The molecule has 1 fully saturated rings. The van der Waals surface area contributed by atoms with Crippen molar-refractivity contribution in [1.82, 2.24) is 10.2 Å². The SMILES string of the molecule is CCCCNC(=O)C1CCN(C(=O)c2ccccc2Br)CC1. The molecule has 2 amide bonds. The number of likely N-dealkylation sites (tertiary alicyclic amines) is 1. The predicted molar refractivity (Wildman–Crippen MR) is 90.7 cm³/mol. The van der Waals surface area contributed by atoms with Gasteiger partial charge >= 0.3 is 0 Å². The van der Waals surface area contributed by atoms with Crippen LogP contribution in [0.25, 0.3) is 0 Å². The first-order valence-corrected chi connectivity index (χ1v) is 8.74. The van der Waals surface area contributed by atoms with Gasteiger partial charge in [0.05, 0.1) is 5.56 Å². The molecule has 120 valence electrons. The molecule has 1 saturated heterocycles. The molecule has 0 unspecified atom stereocenters. The fraction of sp³-hybridized carbons (Fsp3) is 0.529. The highest BCUT2D eigenvalue weighted by atomic mass is 79.9. The van der Waals surface area contributed by atoms with Crippen LogP contribution in [0.5, 0.6) is 0 Å². The van der Waals surface area contributed by atoms with Crippen LogP contribution in [0.4, 0.5) is 0 Å². The van der Waals surface area contributed by atoms with Crippen LogP contribution in [-0.4, -0.2) is 36.3 Å². The number of hydrogen-bond donors (Lipinski definition) is 1. The lowest BCUT2D eigenvalue weighted by atomic mass is 9.95. The molecule has 2 rings (SSSR count). The number of rotatable bonds is 5. The molecule has 0 aromatic heterocycles. The van der Waals surface area contributed by atoms with E-state index in [0.717, 1.165) is 36.7 Å². The molecule has 0 saturated carbocycles. The third-order valence-electron chi connectivity index (χ3n) is 4.09. The van der Waals surface area contributed by atoms with Gasteiger partial charge in [0.1, 0.15) is 0 Å². The van der Waals surface area contributed by atoms with Gasteiger partial charge in [-0.2, -0.15) is 0 Å². The lowest BCUT2D eigenvalue weighted by Crippen LogP contribution is -2.43. The molecule has 1 heterocycles. The summed E-state index contributed by atoms with van der Waals surface area (Å²) < 4.78 is 0.819. The second kappa shape index (κ2) is 8.32. The maximum Gasteiger partial charge on any atom is 0.254 e. The molecule has 22 heavy (non-hydrogen) atoms. The van der Waals surface area contributed by atoms with Crippen molar-refractivity contribution < 1.29 is 9.59 Å². The first-order chi connectivity index (χ1) is 10.6. The Hall–Kier alpha value is -1.36. The van der Waals surface area contributed by atoms with E-state index in [9.17, 15) is 9.59 Å². The zero-order valence-corrected chi connectivity index (χ0v) is 14.6. The summed E-state index contributed by atoms with van der Waals surface area (Å²) in [5.41, 5.74) is 0.688. The van der Waals surface area contributed by atoms with E-state index in [4.69, 9.17) is 0 Å². The van der Waals surface area contributed by atoms with E-state index < -0.39 is 0 Å². The minimum atomic E-state index is 0.0392. The number of unbranched alkanes of at least 4 members (excludes halogenated alkanes) is 1. The zero-order valence-electron chi connectivity index (χ0n) is 13.0. The molecule has 4 nitrogen and oxygen atoms in total. The number of nitrogens with zero attached hydrogens (tertiary/aromatic N) is 1. The van der Waals surface area contributed by atoms with E-state index in [1.54, 1.807) is 0 Å². The average molecular weight is 367 g/mol. The lowest BCUT2D eigenvalue weighted by molar-refractivity contribution is -0.126. The average Bonchev–Trinajstić information content (AvgIpc) is 2.55. The van der Waals surface area contributed by atoms with Gasteiger partial charge in [0.15, 0.2) is 0 Å². The summed E-state index contributed by atoms with van der Waals surface area (Å²) in [4.78, 5) is 26.4. The number of benzene rings is 1. The minimum absolute atomic E-state index is 0.0392. The molecule has 5 heteroatoms. The second-order valence-corrected chi connectivity index (χ2v) is 6.55. The third-order valence-corrected chi connectivity index (χ3v) is 4.78. The third kappa shape index (κ3) is 4.32. The Bertz CT molecular complexity index is 525. The van der Waals surface area contributed by atoms with Gasteiger partial charge in [-0.05, 0) is 47.3 Å². The minimum Gasteiger partial charge on any atom is -0.356 e. The Labute approximate surface area is 140 Å². The van der Waals surface area contributed by atoms with Gasteiger partial charge in [0.25, 0.3) is 5.91 Å². The zero-order chi connectivity index (χ0) is 15.9. The summed E-state index contributed by atoms with van der Waals surface area (Å²) in [6, 6.07) is 7.47. The fourth-order valence-corrected chi connectivity index (χ4v) is 3.14. The van der Waals surface area contributed by atoms with Gasteiger partial charge in [-0.15, -0.1) is 0 Å². The standard InChI is InChI=1S/C17H23BrN2O2/c1-2-3-10-19-16(21)13-8-11-20(12-9-13)17(22)14-6-4-5-7-15(14)18/h4-7,13H,2-3,8-12H2,1H3,(H,19,21). The van der Waals surface area contributed by atoms with Crippen molar-refractivity contribution in [2.45, 2.75) is 32.6 Å². The molecule has 0 spiro atoms. The topological polar surface area (TPSA) is 49.4 Å². The van der Waals surface area contributed by atoms with Crippen LogP contribution >= 0.6 is 15.9 Å². The van der Waals surface area contributed by atoms with E-state index in [2.05, 4.69) is 28.2 Å². The molecule has 0 atom stereocenters. The number of piperidine rings is 1. The Morgan fingerprint density at radius 3 is 2.59 bits per heavy atom. The number of amides is 2.